The van der Waals surface area contributed by atoms with Gasteiger partial charge in [0, 0.05) is 24.1 Å². The van der Waals surface area contributed by atoms with Gasteiger partial charge in [-0.3, -0.25) is 4.79 Å². The number of alkyl halides is 2. The predicted molar refractivity (Wildman–Crippen MR) is 88.9 cm³/mol. The summed E-state index contributed by atoms with van der Waals surface area (Å²) in [6.07, 6.45) is -0.884. The third-order valence-electron chi connectivity index (χ3n) is 4.45. The maximum Gasteiger partial charge on any atom is 0.345 e. The van der Waals surface area contributed by atoms with Crippen LogP contribution in [-0.2, 0) is 11.2 Å². The van der Waals surface area contributed by atoms with Gasteiger partial charge < -0.3 is 9.47 Å². The molecule has 0 bridgehead atoms. The molecule has 8 heteroatoms. The highest BCUT2D eigenvalue weighted by Crippen LogP contribution is 2.37. The molecule has 0 amide bonds. The maximum atomic E-state index is 14.3. The number of carbonyl (C=O) groups excluding carboxylic acids is 1. The van der Waals surface area contributed by atoms with Crippen LogP contribution in [-0.4, -0.2) is 29.6 Å². The molecule has 2 heterocycles. The molecular formula is C19H17F4NO3. The van der Waals surface area contributed by atoms with Crippen LogP contribution in [0.15, 0.2) is 24.3 Å². The van der Waals surface area contributed by atoms with Gasteiger partial charge in [-0.05, 0) is 43.5 Å². The Hall–Kier alpha value is -2.48. The molecule has 2 aromatic rings. The average molecular weight is 383 g/mol. The quantitative estimate of drug-likeness (QED) is 0.561. The van der Waals surface area contributed by atoms with Gasteiger partial charge in [0.25, 0.3) is 0 Å². The Kier molecular flexibility index (Phi) is 5.46. The lowest BCUT2D eigenvalue weighted by Crippen LogP contribution is -2.36. The number of ketones is 1. The molecule has 0 N–H and O–H groups in total. The first-order chi connectivity index (χ1) is 12.8. The zero-order chi connectivity index (χ0) is 19.7. The first kappa shape index (κ1) is 19.3. The molecule has 0 radical (unpaired) electrons. The number of ether oxygens (including phenoxy) is 2. The topological polar surface area (TPSA) is 48.4 Å². The molecule has 1 aliphatic heterocycles. The molecule has 1 aromatic carbocycles. The standard InChI is InChI=1S/C19H17F4NO3/c1-9(25)16-8-14(12-4-3-11(20)7-15(12)21)13-5-6-17(27-18(13)24-16)10(2)26-19(22)23/h3-4,7-8,10,17,19H,5-6H2,1-2H3/t10-,17+/m0/s1. The second kappa shape index (κ2) is 7.64. The van der Waals surface area contributed by atoms with Crippen molar-refractivity contribution in [2.45, 2.75) is 45.5 Å². The van der Waals surface area contributed by atoms with Gasteiger partial charge in [-0.15, -0.1) is 0 Å². The summed E-state index contributed by atoms with van der Waals surface area (Å²) in [6.45, 7) is -0.190. The first-order valence-corrected chi connectivity index (χ1v) is 8.36. The SMILES string of the molecule is CC(=O)c1cc(-c2ccc(F)cc2F)c2c(n1)O[C@@H]([C@H](C)OC(F)F)CC2. The zero-order valence-electron chi connectivity index (χ0n) is 14.6. The van der Waals surface area contributed by atoms with Gasteiger partial charge in [-0.2, -0.15) is 8.78 Å². The maximum absolute atomic E-state index is 14.3. The molecule has 2 atom stereocenters. The van der Waals surface area contributed by atoms with E-state index in [0.717, 1.165) is 12.1 Å². The third kappa shape index (κ3) is 4.10. The molecule has 1 aliphatic rings. The van der Waals surface area contributed by atoms with Gasteiger partial charge >= 0.3 is 6.61 Å². The van der Waals surface area contributed by atoms with E-state index >= 15 is 0 Å². The molecule has 0 fully saturated rings. The number of halogens is 4. The fourth-order valence-corrected chi connectivity index (χ4v) is 3.09. The van der Waals surface area contributed by atoms with Gasteiger partial charge in [0.15, 0.2) is 5.78 Å². The molecule has 0 spiro atoms. The van der Waals surface area contributed by atoms with Crippen molar-refractivity contribution >= 4 is 5.78 Å². The van der Waals surface area contributed by atoms with Crippen LogP contribution in [0, 0.1) is 11.6 Å². The summed E-state index contributed by atoms with van der Waals surface area (Å²) in [5.74, 6) is -1.80. The van der Waals surface area contributed by atoms with E-state index in [9.17, 15) is 22.4 Å². The van der Waals surface area contributed by atoms with Gasteiger partial charge in [-0.25, -0.2) is 13.8 Å². The smallest absolute Gasteiger partial charge is 0.345 e. The van der Waals surface area contributed by atoms with E-state index in [-0.39, 0.29) is 22.9 Å². The lowest BCUT2D eigenvalue weighted by molar-refractivity contribution is -0.180. The fraction of sp³-hybridized carbons (Fsp3) is 0.368. The number of Topliss-reactive ketones (excluding diaryl/α,β-unsaturated/α-hetero) is 1. The van der Waals surface area contributed by atoms with E-state index in [1.165, 1.54) is 26.0 Å². The number of fused-ring (bicyclic) bond motifs is 1. The lowest BCUT2D eigenvalue weighted by Gasteiger charge is -2.30. The highest BCUT2D eigenvalue weighted by atomic mass is 19.3. The van der Waals surface area contributed by atoms with Crippen LogP contribution in [0.5, 0.6) is 5.88 Å². The summed E-state index contributed by atoms with van der Waals surface area (Å²) in [7, 11) is 0. The minimum Gasteiger partial charge on any atom is -0.471 e. The molecule has 3 rings (SSSR count). The number of nitrogens with zero attached hydrogens (tertiary/aromatic N) is 1. The Morgan fingerprint density at radius 1 is 1.26 bits per heavy atom. The number of hydrogen-bond acceptors (Lipinski definition) is 4. The Labute approximate surface area is 153 Å². The number of benzene rings is 1. The zero-order valence-corrected chi connectivity index (χ0v) is 14.6. The number of hydrogen-bond donors (Lipinski definition) is 0. The fourth-order valence-electron chi connectivity index (χ4n) is 3.09. The number of carbonyl (C=O) groups is 1. The van der Waals surface area contributed by atoms with Crippen LogP contribution < -0.4 is 4.74 Å². The molecule has 0 aliphatic carbocycles. The molecular weight excluding hydrogens is 366 g/mol. The Morgan fingerprint density at radius 2 is 2.00 bits per heavy atom. The summed E-state index contributed by atoms with van der Waals surface area (Å²) in [5, 5.41) is 0. The van der Waals surface area contributed by atoms with Crippen molar-refractivity contribution in [3.63, 3.8) is 0 Å². The van der Waals surface area contributed by atoms with Crippen LogP contribution in [0.4, 0.5) is 17.6 Å². The summed E-state index contributed by atoms with van der Waals surface area (Å²) >= 11 is 0. The molecule has 0 unspecified atom stereocenters. The van der Waals surface area contributed by atoms with E-state index in [1.54, 1.807) is 0 Å². The van der Waals surface area contributed by atoms with Crippen molar-refractivity contribution in [3.05, 3.63) is 47.2 Å². The lowest BCUT2D eigenvalue weighted by atomic mass is 9.92. The van der Waals surface area contributed by atoms with Crippen molar-refractivity contribution in [2.24, 2.45) is 0 Å². The van der Waals surface area contributed by atoms with Gasteiger partial charge in [-0.1, -0.05) is 0 Å². The first-order valence-electron chi connectivity index (χ1n) is 8.36. The van der Waals surface area contributed by atoms with E-state index in [1.807, 2.05) is 0 Å². The average Bonchev–Trinajstić information content (AvgIpc) is 2.59. The summed E-state index contributed by atoms with van der Waals surface area (Å²) in [4.78, 5) is 16.0. The Bertz CT molecular complexity index is 872. The normalized spacial score (nSPS) is 17.4. The minimum atomic E-state index is -2.94. The van der Waals surface area contributed by atoms with Crippen molar-refractivity contribution in [2.75, 3.05) is 0 Å². The molecule has 0 saturated heterocycles. The van der Waals surface area contributed by atoms with E-state index < -0.39 is 30.5 Å². The Morgan fingerprint density at radius 3 is 2.63 bits per heavy atom. The predicted octanol–water partition coefficient (Wildman–Crippen LogP) is 4.55. The highest BCUT2D eigenvalue weighted by Gasteiger charge is 2.31. The molecule has 1 aromatic heterocycles. The van der Waals surface area contributed by atoms with Crippen molar-refractivity contribution in [3.8, 4) is 17.0 Å². The van der Waals surface area contributed by atoms with E-state index in [4.69, 9.17) is 4.74 Å². The molecule has 27 heavy (non-hydrogen) atoms. The van der Waals surface area contributed by atoms with Crippen LogP contribution in [0.1, 0.15) is 36.3 Å². The van der Waals surface area contributed by atoms with Crippen molar-refractivity contribution in [1.29, 1.82) is 0 Å². The summed E-state index contributed by atoms with van der Waals surface area (Å²) in [6, 6.07) is 4.57. The monoisotopic (exact) mass is 383 g/mol. The van der Waals surface area contributed by atoms with E-state index in [2.05, 4.69) is 9.72 Å². The number of aromatic nitrogens is 1. The van der Waals surface area contributed by atoms with Gasteiger partial charge in [0.05, 0.1) is 6.10 Å². The number of pyridine rings is 1. The van der Waals surface area contributed by atoms with Crippen LogP contribution in [0.3, 0.4) is 0 Å². The molecule has 0 saturated carbocycles. The minimum absolute atomic E-state index is 0.0376. The van der Waals surface area contributed by atoms with Crippen molar-refractivity contribution in [1.82, 2.24) is 4.98 Å². The molecule has 4 nitrogen and oxygen atoms in total. The van der Waals surface area contributed by atoms with Crippen LogP contribution in [0.2, 0.25) is 0 Å². The molecule has 144 valence electrons. The third-order valence-corrected chi connectivity index (χ3v) is 4.45. The van der Waals surface area contributed by atoms with Gasteiger partial charge in [0.2, 0.25) is 5.88 Å². The van der Waals surface area contributed by atoms with Crippen LogP contribution >= 0.6 is 0 Å². The number of rotatable bonds is 5. The highest BCUT2D eigenvalue weighted by molar-refractivity contribution is 5.94. The van der Waals surface area contributed by atoms with E-state index in [0.29, 0.717) is 24.0 Å². The second-order valence-electron chi connectivity index (χ2n) is 6.32. The van der Waals surface area contributed by atoms with Crippen LogP contribution in [0.25, 0.3) is 11.1 Å². The Balaban J connectivity index is 2.05. The second-order valence-corrected chi connectivity index (χ2v) is 6.32. The summed E-state index contributed by atoms with van der Waals surface area (Å²) in [5.41, 5.74) is 1.04. The van der Waals surface area contributed by atoms with Crippen molar-refractivity contribution < 1.29 is 31.8 Å². The van der Waals surface area contributed by atoms with Gasteiger partial charge in [0.1, 0.15) is 23.4 Å². The summed E-state index contributed by atoms with van der Waals surface area (Å²) < 4.78 is 62.6. The largest absolute Gasteiger partial charge is 0.471 e.